The number of aliphatic hydroxyl groups is 4. The fourth-order valence-corrected chi connectivity index (χ4v) is 2.90. The Kier molecular flexibility index (Phi) is 4.57. The monoisotopic (exact) mass is 336 g/mol. The van der Waals surface area contributed by atoms with Crippen LogP contribution in [0.4, 0.5) is 5.69 Å². The van der Waals surface area contributed by atoms with Crippen molar-refractivity contribution < 1.29 is 25.2 Å². The van der Waals surface area contributed by atoms with Crippen molar-refractivity contribution >= 4 is 16.6 Å². The molecule has 0 spiro atoms. The summed E-state index contributed by atoms with van der Waals surface area (Å²) in [6.07, 6.45) is -5.12. The van der Waals surface area contributed by atoms with Crippen LogP contribution >= 0.6 is 0 Å². The Balaban J connectivity index is 1.89. The first kappa shape index (κ1) is 16.9. The summed E-state index contributed by atoms with van der Waals surface area (Å²) in [7, 11) is 1.65. The van der Waals surface area contributed by atoms with Gasteiger partial charge in [-0.2, -0.15) is 0 Å². The van der Waals surface area contributed by atoms with E-state index in [-0.39, 0.29) is 5.56 Å². The highest BCUT2D eigenvalue weighted by Crippen LogP contribution is 2.24. The van der Waals surface area contributed by atoms with Crippen LogP contribution in [-0.2, 0) is 11.8 Å². The maximum Gasteiger partial charge on any atom is 0.250 e. The van der Waals surface area contributed by atoms with Crippen LogP contribution in [0.1, 0.15) is 0 Å². The van der Waals surface area contributed by atoms with E-state index in [0.717, 1.165) is 5.39 Å². The molecule has 0 amide bonds. The second kappa shape index (κ2) is 6.50. The molecule has 8 heteroatoms. The maximum atomic E-state index is 11.7. The summed E-state index contributed by atoms with van der Waals surface area (Å²) in [4.78, 5) is 11.7. The number of aromatic nitrogens is 1. The van der Waals surface area contributed by atoms with Crippen LogP contribution in [0.5, 0.6) is 0 Å². The summed E-state index contributed by atoms with van der Waals surface area (Å²) in [5.74, 6) is 0. The lowest BCUT2D eigenvalue weighted by Crippen LogP contribution is -2.61. The Morgan fingerprint density at radius 2 is 1.88 bits per heavy atom. The van der Waals surface area contributed by atoms with E-state index in [2.05, 4.69) is 5.32 Å². The number of hydrogen-bond donors (Lipinski definition) is 5. The first-order valence-electron chi connectivity index (χ1n) is 7.59. The fraction of sp³-hybridized carbons (Fsp3) is 0.438. The van der Waals surface area contributed by atoms with Gasteiger partial charge >= 0.3 is 0 Å². The van der Waals surface area contributed by atoms with Crippen molar-refractivity contribution in [2.75, 3.05) is 11.9 Å². The number of nitrogens with one attached hydrogen (secondary N) is 1. The average molecular weight is 336 g/mol. The van der Waals surface area contributed by atoms with Gasteiger partial charge in [0.25, 0.3) is 5.56 Å². The summed E-state index contributed by atoms with van der Waals surface area (Å²) in [5.41, 5.74) is 1.08. The van der Waals surface area contributed by atoms with E-state index in [1.165, 1.54) is 10.6 Å². The largest absolute Gasteiger partial charge is 0.394 e. The Bertz CT molecular complexity index is 792. The summed E-state index contributed by atoms with van der Waals surface area (Å²) in [6.45, 7) is -0.514. The number of nitrogens with zero attached hydrogens (tertiary/aromatic N) is 1. The van der Waals surface area contributed by atoms with Crippen LogP contribution in [-0.4, -0.2) is 62.2 Å². The van der Waals surface area contributed by atoms with E-state index in [1.807, 2.05) is 0 Å². The highest BCUT2D eigenvalue weighted by molar-refractivity contribution is 5.82. The topological polar surface area (TPSA) is 124 Å². The first-order chi connectivity index (χ1) is 11.4. The number of hydrogen-bond acceptors (Lipinski definition) is 7. The maximum absolute atomic E-state index is 11.7. The molecule has 1 aromatic carbocycles. The van der Waals surface area contributed by atoms with E-state index in [4.69, 9.17) is 9.84 Å². The van der Waals surface area contributed by atoms with Gasteiger partial charge in [-0.1, -0.05) is 6.07 Å². The quantitative estimate of drug-likeness (QED) is 0.474. The highest BCUT2D eigenvalue weighted by Gasteiger charge is 2.43. The third-order valence-electron chi connectivity index (χ3n) is 4.36. The van der Waals surface area contributed by atoms with Gasteiger partial charge in [0.15, 0.2) is 6.29 Å². The lowest BCUT2D eigenvalue weighted by Gasteiger charge is -2.40. The zero-order valence-electron chi connectivity index (χ0n) is 13.0. The summed E-state index contributed by atoms with van der Waals surface area (Å²) in [6, 6.07) is 7.44. The number of aliphatic hydroxyl groups excluding tert-OH is 4. The van der Waals surface area contributed by atoms with Crippen molar-refractivity contribution in [1.82, 2.24) is 4.57 Å². The molecule has 0 radical (unpaired) electrons. The zero-order chi connectivity index (χ0) is 17.4. The van der Waals surface area contributed by atoms with Gasteiger partial charge in [0.2, 0.25) is 0 Å². The Morgan fingerprint density at radius 3 is 2.58 bits per heavy atom. The standard InChI is InChI=1S/C16H20N2O6/c1-18-10-6-9(4-2-8(10)3-5-12(18)20)17-13-15(22)14(21)11(7-19)24-16(13)23/h2-6,11,13-17,19,21-23H,7H2,1H3/t11?,13?,14-,15-,16?/m0/s1. The van der Waals surface area contributed by atoms with Crippen molar-refractivity contribution in [3.05, 3.63) is 40.7 Å². The number of anilines is 1. The summed E-state index contributed by atoms with van der Waals surface area (Å²) in [5, 5.41) is 43.0. The molecule has 0 bridgehead atoms. The molecule has 5 N–H and O–H groups in total. The van der Waals surface area contributed by atoms with Crippen molar-refractivity contribution in [1.29, 1.82) is 0 Å². The highest BCUT2D eigenvalue weighted by atomic mass is 16.6. The Hall–Kier alpha value is -1.97. The van der Waals surface area contributed by atoms with E-state index >= 15 is 0 Å². The minimum atomic E-state index is -1.41. The first-order valence-corrected chi connectivity index (χ1v) is 7.59. The van der Waals surface area contributed by atoms with Crippen molar-refractivity contribution in [2.45, 2.75) is 30.6 Å². The molecule has 0 saturated carbocycles. The van der Waals surface area contributed by atoms with Crippen LogP contribution in [0.25, 0.3) is 10.9 Å². The molecule has 0 aliphatic carbocycles. The number of ether oxygens (including phenoxy) is 1. The molecule has 1 fully saturated rings. The minimum absolute atomic E-state index is 0.151. The van der Waals surface area contributed by atoms with Crippen molar-refractivity contribution in [2.24, 2.45) is 7.05 Å². The van der Waals surface area contributed by atoms with Crippen LogP contribution in [0.3, 0.4) is 0 Å². The van der Waals surface area contributed by atoms with Crippen LogP contribution in [0, 0.1) is 0 Å². The van der Waals surface area contributed by atoms with Crippen molar-refractivity contribution in [3.8, 4) is 0 Å². The second-order valence-electron chi connectivity index (χ2n) is 5.90. The van der Waals surface area contributed by atoms with Gasteiger partial charge < -0.3 is 35.0 Å². The van der Waals surface area contributed by atoms with Crippen LogP contribution in [0.15, 0.2) is 35.1 Å². The molecular formula is C16H20N2O6. The molecule has 24 heavy (non-hydrogen) atoms. The SMILES string of the molecule is Cn1c(=O)ccc2ccc(NC3C(O)OC(CO)[C@H](O)[C@H]3O)cc21. The van der Waals surface area contributed by atoms with Gasteiger partial charge in [0, 0.05) is 18.8 Å². The molecule has 2 heterocycles. The molecule has 130 valence electrons. The summed E-state index contributed by atoms with van der Waals surface area (Å²) >= 11 is 0. The van der Waals surface area contributed by atoms with E-state index < -0.39 is 37.3 Å². The van der Waals surface area contributed by atoms with E-state index in [1.54, 1.807) is 31.3 Å². The van der Waals surface area contributed by atoms with Gasteiger partial charge in [-0.3, -0.25) is 4.79 Å². The second-order valence-corrected chi connectivity index (χ2v) is 5.90. The van der Waals surface area contributed by atoms with E-state index in [9.17, 15) is 20.1 Å². The molecule has 1 aliphatic heterocycles. The van der Waals surface area contributed by atoms with Gasteiger partial charge in [-0.25, -0.2) is 0 Å². The normalized spacial score (nSPS) is 30.5. The molecule has 1 aromatic heterocycles. The summed E-state index contributed by atoms with van der Waals surface area (Å²) < 4.78 is 6.60. The van der Waals surface area contributed by atoms with E-state index in [0.29, 0.717) is 11.2 Å². The molecule has 3 rings (SSSR count). The van der Waals surface area contributed by atoms with Gasteiger partial charge in [-0.05, 0) is 23.6 Å². The molecule has 8 nitrogen and oxygen atoms in total. The van der Waals surface area contributed by atoms with Crippen molar-refractivity contribution in [3.63, 3.8) is 0 Å². The van der Waals surface area contributed by atoms with Crippen LogP contribution in [0.2, 0.25) is 0 Å². The fourth-order valence-electron chi connectivity index (χ4n) is 2.90. The number of fused-ring (bicyclic) bond motifs is 1. The van der Waals surface area contributed by atoms with Gasteiger partial charge in [0.05, 0.1) is 12.1 Å². The van der Waals surface area contributed by atoms with Crippen LogP contribution < -0.4 is 10.9 Å². The third-order valence-corrected chi connectivity index (χ3v) is 4.36. The lowest BCUT2D eigenvalue weighted by atomic mass is 9.97. The predicted octanol–water partition coefficient (Wildman–Crippen LogP) is -1.25. The van der Waals surface area contributed by atoms with Gasteiger partial charge in [-0.15, -0.1) is 0 Å². The molecular weight excluding hydrogens is 316 g/mol. The molecule has 3 unspecified atom stereocenters. The zero-order valence-corrected chi connectivity index (χ0v) is 13.0. The average Bonchev–Trinajstić information content (AvgIpc) is 2.58. The molecule has 5 atom stereocenters. The minimum Gasteiger partial charge on any atom is -0.394 e. The molecule has 2 aromatic rings. The third kappa shape index (κ3) is 2.90. The number of benzene rings is 1. The Labute approximate surface area is 137 Å². The number of rotatable bonds is 3. The Morgan fingerprint density at radius 1 is 1.17 bits per heavy atom. The predicted molar refractivity (Wildman–Crippen MR) is 86.6 cm³/mol. The number of aryl methyl sites for hydroxylation is 1. The molecule has 1 aliphatic rings. The van der Waals surface area contributed by atoms with Gasteiger partial charge in [0.1, 0.15) is 24.4 Å². The number of pyridine rings is 1. The smallest absolute Gasteiger partial charge is 0.250 e. The molecule has 1 saturated heterocycles. The lowest BCUT2D eigenvalue weighted by molar-refractivity contribution is -0.245.